The second kappa shape index (κ2) is 3.84. The highest BCUT2D eigenvalue weighted by Crippen LogP contribution is 2.51. The average Bonchev–Trinajstić information content (AvgIpc) is 2.20. The molecule has 0 N–H and O–H groups in total. The lowest BCUT2D eigenvalue weighted by Gasteiger charge is -2.21. The summed E-state index contributed by atoms with van der Waals surface area (Å²) in [6.45, 7) is 4.21. The summed E-state index contributed by atoms with van der Waals surface area (Å²) in [7, 11) is -2.84. The highest BCUT2D eigenvalue weighted by atomic mass is 31.2. The molecule has 0 bridgehead atoms. The van der Waals surface area contributed by atoms with Gasteiger partial charge in [-0.15, -0.1) is 0 Å². The Kier molecular flexibility index (Phi) is 2.68. The summed E-state index contributed by atoms with van der Waals surface area (Å²) in [5, 5.41) is 0.659. The van der Waals surface area contributed by atoms with Crippen LogP contribution in [0.5, 0.6) is 5.75 Å². The van der Waals surface area contributed by atoms with Gasteiger partial charge in [0.05, 0.1) is 18.2 Å². The normalized spacial score (nSPS) is 23.3. The SMILES string of the molecule is CCOP1(=O)C=COc2ccc(C)cc21. The van der Waals surface area contributed by atoms with E-state index in [-0.39, 0.29) is 0 Å². The smallest absolute Gasteiger partial charge is 0.261 e. The van der Waals surface area contributed by atoms with Gasteiger partial charge in [-0.3, -0.25) is 4.57 Å². The monoisotopic (exact) mass is 224 g/mol. The molecule has 0 aromatic heterocycles. The van der Waals surface area contributed by atoms with Crippen LogP contribution < -0.4 is 10.0 Å². The standard InChI is InChI=1S/C11H13O3P/c1-3-14-15(12)7-6-13-10-5-4-9(2)8-11(10)15/h4-8H,3H2,1-2H3. The molecule has 4 heteroatoms. The summed E-state index contributed by atoms with van der Waals surface area (Å²) in [5.41, 5.74) is 1.05. The van der Waals surface area contributed by atoms with Crippen LogP contribution in [0.1, 0.15) is 12.5 Å². The highest BCUT2D eigenvalue weighted by molar-refractivity contribution is 7.70. The summed E-state index contributed by atoms with van der Waals surface area (Å²) in [6.07, 6.45) is 1.44. The molecule has 80 valence electrons. The van der Waals surface area contributed by atoms with Crippen molar-refractivity contribution in [3.8, 4) is 5.75 Å². The number of hydrogen-bond donors (Lipinski definition) is 0. The maximum Gasteiger partial charge on any atom is 0.261 e. The van der Waals surface area contributed by atoms with E-state index in [1.807, 2.05) is 32.0 Å². The molecule has 0 amide bonds. The van der Waals surface area contributed by atoms with Crippen molar-refractivity contribution in [3.05, 3.63) is 35.8 Å². The predicted molar refractivity (Wildman–Crippen MR) is 59.8 cm³/mol. The molecule has 2 rings (SSSR count). The van der Waals surface area contributed by atoms with E-state index < -0.39 is 7.37 Å². The summed E-state index contributed by atoms with van der Waals surface area (Å²) >= 11 is 0. The van der Waals surface area contributed by atoms with Gasteiger partial charge in [0.25, 0.3) is 7.37 Å². The maximum atomic E-state index is 12.4. The molecule has 0 saturated carbocycles. The first kappa shape index (κ1) is 10.5. The molecular weight excluding hydrogens is 211 g/mol. The molecule has 1 aliphatic rings. The molecule has 1 aromatic carbocycles. The molecule has 1 heterocycles. The van der Waals surface area contributed by atoms with Crippen molar-refractivity contribution in [1.82, 2.24) is 0 Å². The van der Waals surface area contributed by atoms with E-state index in [4.69, 9.17) is 9.26 Å². The number of aryl methyl sites for hydroxylation is 1. The Hall–Kier alpha value is -1.05. The van der Waals surface area contributed by atoms with Gasteiger partial charge in [0, 0.05) is 5.82 Å². The zero-order valence-electron chi connectivity index (χ0n) is 8.77. The van der Waals surface area contributed by atoms with Crippen LogP contribution in [0.3, 0.4) is 0 Å². The first-order valence-electron chi connectivity index (χ1n) is 4.85. The molecule has 1 aliphatic heterocycles. The van der Waals surface area contributed by atoms with Gasteiger partial charge in [0.15, 0.2) is 0 Å². The van der Waals surface area contributed by atoms with Crippen LogP contribution in [0.25, 0.3) is 0 Å². The quantitative estimate of drug-likeness (QED) is 0.724. The van der Waals surface area contributed by atoms with Gasteiger partial charge in [-0.2, -0.15) is 0 Å². The molecular formula is C11H13O3P. The average molecular weight is 224 g/mol. The van der Waals surface area contributed by atoms with E-state index in [2.05, 4.69) is 0 Å². The van der Waals surface area contributed by atoms with Crippen LogP contribution in [0, 0.1) is 6.92 Å². The fraction of sp³-hybridized carbons (Fsp3) is 0.273. The molecule has 0 spiro atoms. The van der Waals surface area contributed by atoms with Gasteiger partial charge in [-0.05, 0) is 26.0 Å². The highest BCUT2D eigenvalue weighted by Gasteiger charge is 2.29. The van der Waals surface area contributed by atoms with Crippen molar-refractivity contribution in [2.45, 2.75) is 13.8 Å². The van der Waals surface area contributed by atoms with Crippen molar-refractivity contribution in [1.29, 1.82) is 0 Å². The number of benzene rings is 1. The van der Waals surface area contributed by atoms with Gasteiger partial charge in [-0.25, -0.2) is 0 Å². The molecule has 0 saturated heterocycles. The van der Waals surface area contributed by atoms with Crippen LogP contribution in [-0.4, -0.2) is 6.61 Å². The first-order valence-corrected chi connectivity index (χ1v) is 6.55. The van der Waals surface area contributed by atoms with Crippen molar-refractivity contribution >= 4 is 12.7 Å². The minimum Gasteiger partial charge on any atom is -0.464 e. The fourth-order valence-corrected chi connectivity index (χ4v) is 3.35. The van der Waals surface area contributed by atoms with Gasteiger partial charge in [-0.1, -0.05) is 11.6 Å². The Balaban J connectivity index is 2.54. The third kappa shape index (κ3) is 1.85. The third-order valence-corrected chi connectivity index (χ3v) is 4.40. The van der Waals surface area contributed by atoms with Gasteiger partial charge < -0.3 is 9.26 Å². The molecule has 0 radical (unpaired) electrons. The fourth-order valence-electron chi connectivity index (χ4n) is 1.54. The predicted octanol–water partition coefficient (Wildman–Crippen LogP) is 2.80. The molecule has 0 fully saturated rings. The lowest BCUT2D eigenvalue weighted by molar-refractivity contribution is 0.343. The number of hydrogen-bond acceptors (Lipinski definition) is 3. The first-order chi connectivity index (χ1) is 7.15. The minimum absolute atomic E-state index is 0.426. The van der Waals surface area contributed by atoms with Crippen molar-refractivity contribution in [2.75, 3.05) is 6.61 Å². The van der Waals surface area contributed by atoms with Crippen LogP contribution in [0.15, 0.2) is 30.3 Å². The molecule has 1 atom stereocenters. The number of fused-ring (bicyclic) bond motifs is 1. The Labute approximate surface area is 89.2 Å². The van der Waals surface area contributed by atoms with E-state index in [1.54, 1.807) is 0 Å². The lowest BCUT2D eigenvalue weighted by Crippen LogP contribution is -2.13. The Morgan fingerprint density at radius 1 is 1.47 bits per heavy atom. The third-order valence-electron chi connectivity index (χ3n) is 2.22. The topological polar surface area (TPSA) is 35.5 Å². The van der Waals surface area contributed by atoms with Crippen molar-refractivity contribution in [3.63, 3.8) is 0 Å². The van der Waals surface area contributed by atoms with E-state index >= 15 is 0 Å². The Bertz CT molecular complexity index is 451. The Morgan fingerprint density at radius 3 is 3.00 bits per heavy atom. The molecule has 15 heavy (non-hydrogen) atoms. The van der Waals surface area contributed by atoms with E-state index in [1.165, 1.54) is 12.1 Å². The van der Waals surface area contributed by atoms with E-state index in [9.17, 15) is 4.57 Å². The largest absolute Gasteiger partial charge is 0.464 e. The summed E-state index contributed by atoms with van der Waals surface area (Å²) in [5.74, 6) is 2.14. The second-order valence-electron chi connectivity index (χ2n) is 3.39. The van der Waals surface area contributed by atoms with Crippen LogP contribution in [0.2, 0.25) is 0 Å². The summed E-state index contributed by atoms with van der Waals surface area (Å²) < 4.78 is 23.0. The second-order valence-corrected chi connectivity index (χ2v) is 5.62. The lowest BCUT2D eigenvalue weighted by atomic mass is 10.2. The van der Waals surface area contributed by atoms with Crippen LogP contribution in [0.4, 0.5) is 0 Å². The zero-order chi connectivity index (χ0) is 10.9. The van der Waals surface area contributed by atoms with E-state index in [0.29, 0.717) is 17.7 Å². The summed E-state index contributed by atoms with van der Waals surface area (Å²) in [6, 6.07) is 5.60. The minimum atomic E-state index is -2.84. The van der Waals surface area contributed by atoms with Gasteiger partial charge in [0.2, 0.25) is 0 Å². The van der Waals surface area contributed by atoms with Crippen molar-refractivity contribution < 1.29 is 13.8 Å². The van der Waals surface area contributed by atoms with E-state index in [0.717, 1.165) is 5.56 Å². The van der Waals surface area contributed by atoms with Crippen molar-refractivity contribution in [2.24, 2.45) is 0 Å². The summed E-state index contributed by atoms with van der Waals surface area (Å²) in [4.78, 5) is 0. The number of ether oxygens (including phenoxy) is 1. The molecule has 1 unspecified atom stereocenters. The zero-order valence-corrected chi connectivity index (χ0v) is 9.66. The molecule has 3 nitrogen and oxygen atoms in total. The molecule has 1 aromatic rings. The van der Waals surface area contributed by atoms with Crippen LogP contribution >= 0.6 is 7.37 Å². The Morgan fingerprint density at radius 2 is 2.27 bits per heavy atom. The molecule has 0 aliphatic carbocycles. The maximum absolute atomic E-state index is 12.4. The van der Waals surface area contributed by atoms with Gasteiger partial charge in [0.1, 0.15) is 5.75 Å². The van der Waals surface area contributed by atoms with Crippen LogP contribution in [-0.2, 0) is 9.09 Å². The number of rotatable bonds is 2. The van der Waals surface area contributed by atoms with Gasteiger partial charge >= 0.3 is 0 Å².